The van der Waals surface area contributed by atoms with E-state index < -0.39 is 22.7 Å². The van der Waals surface area contributed by atoms with E-state index in [1.54, 1.807) is 36.4 Å². The van der Waals surface area contributed by atoms with E-state index in [-0.39, 0.29) is 5.82 Å². The zero-order chi connectivity index (χ0) is 19.3. The van der Waals surface area contributed by atoms with Crippen molar-refractivity contribution in [2.45, 2.75) is 18.0 Å². The van der Waals surface area contributed by atoms with Crippen molar-refractivity contribution < 1.29 is 21.8 Å². The Morgan fingerprint density at radius 2 is 1.54 bits per heavy atom. The molecule has 0 spiro atoms. The van der Waals surface area contributed by atoms with Crippen LogP contribution in [0.1, 0.15) is 11.3 Å². The van der Waals surface area contributed by atoms with Gasteiger partial charge in [-0.05, 0) is 49.4 Å². The van der Waals surface area contributed by atoms with Crippen molar-refractivity contribution in [2.75, 3.05) is 6.26 Å². The van der Waals surface area contributed by atoms with E-state index in [2.05, 4.69) is 5.10 Å². The zero-order valence-corrected chi connectivity index (χ0v) is 14.8. The molecule has 0 bridgehead atoms. The molecule has 0 saturated heterocycles. The standard InChI is InChI=1S/C11H9F3N2OS.C7H7F/c1-18(17)9-4-2-8(3-5-9)16-7-6-10(15-16)11(12,13)14;1-6-2-4-7(8)5-3-6/h2-7H,1H3;2-5H,1H3. The maximum Gasteiger partial charge on any atom is 0.435 e. The zero-order valence-electron chi connectivity index (χ0n) is 14.0. The van der Waals surface area contributed by atoms with E-state index in [9.17, 15) is 21.8 Å². The monoisotopic (exact) mass is 384 g/mol. The number of rotatable bonds is 2. The van der Waals surface area contributed by atoms with Crippen LogP contribution in [0.2, 0.25) is 0 Å². The van der Waals surface area contributed by atoms with E-state index in [1.165, 1.54) is 24.6 Å². The molecule has 8 heteroatoms. The second-order valence-corrected chi connectivity index (χ2v) is 6.77. The maximum atomic E-state index is 12.4. The molecule has 0 saturated carbocycles. The summed E-state index contributed by atoms with van der Waals surface area (Å²) in [5, 5.41) is 3.44. The minimum atomic E-state index is -4.45. The summed E-state index contributed by atoms with van der Waals surface area (Å²) in [5.41, 5.74) is 0.636. The van der Waals surface area contributed by atoms with Crippen LogP contribution in [0, 0.1) is 12.7 Å². The predicted octanol–water partition coefficient (Wildman–Crippen LogP) is 4.76. The molecule has 3 nitrogen and oxygen atoms in total. The lowest BCUT2D eigenvalue weighted by Gasteiger charge is -2.03. The summed E-state index contributed by atoms with van der Waals surface area (Å²) in [6.07, 6.45) is -1.68. The van der Waals surface area contributed by atoms with Gasteiger partial charge >= 0.3 is 6.18 Å². The first-order valence-electron chi connectivity index (χ1n) is 7.46. The molecular weight excluding hydrogens is 368 g/mol. The quantitative estimate of drug-likeness (QED) is 0.597. The molecule has 1 heterocycles. The summed E-state index contributed by atoms with van der Waals surface area (Å²) < 4.78 is 61.5. The van der Waals surface area contributed by atoms with Gasteiger partial charge in [-0.25, -0.2) is 9.07 Å². The molecule has 0 aliphatic heterocycles. The van der Waals surface area contributed by atoms with E-state index in [0.717, 1.165) is 16.3 Å². The van der Waals surface area contributed by atoms with Gasteiger partial charge < -0.3 is 0 Å². The molecule has 3 rings (SSSR count). The minimum Gasteiger partial charge on any atom is -0.255 e. The molecule has 0 aliphatic rings. The van der Waals surface area contributed by atoms with Crippen LogP contribution in [-0.2, 0) is 17.0 Å². The van der Waals surface area contributed by atoms with Crippen LogP contribution in [0.25, 0.3) is 5.69 Å². The predicted molar refractivity (Wildman–Crippen MR) is 92.0 cm³/mol. The van der Waals surface area contributed by atoms with E-state index >= 15 is 0 Å². The number of aromatic nitrogens is 2. The number of halogens is 4. The summed E-state index contributed by atoms with van der Waals surface area (Å²) in [4.78, 5) is 0.613. The van der Waals surface area contributed by atoms with Crippen LogP contribution < -0.4 is 0 Å². The van der Waals surface area contributed by atoms with Gasteiger partial charge in [0.25, 0.3) is 0 Å². The molecule has 1 unspecified atom stereocenters. The average molecular weight is 384 g/mol. The second kappa shape index (κ2) is 8.27. The Morgan fingerprint density at radius 1 is 0.962 bits per heavy atom. The van der Waals surface area contributed by atoms with Crippen molar-refractivity contribution in [2.24, 2.45) is 0 Å². The molecule has 0 radical (unpaired) electrons. The second-order valence-electron chi connectivity index (χ2n) is 5.39. The van der Waals surface area contributed by atoms with Crippen molar-refractivity contribution in [3.63, 3.8) is 0 Å². The van der Waals surface area contributed by atoms with Crippen molar-refractivity contribution >= 4 is 10.8 Å². The van der Waals surface area contributed by atoms with Gasteiger partial charge in [0.05, 0.1) is 5.69 Å². The van der Waals surface area contributed by atoms with Gasteiger partial charge in [-0.1, -0.05) is 17.7 Å². The number of alkyl halides is 3. The molecule has 3 aromatic rings. The van der Waals surface area contributed by atoms with Crippen LogP contribution >= 0.6 is 0 Å². The third kappa shape index (κ3) is 5.52. The highest BCUT2D eigenvalue weighted by molar-refractivity contribution is 7.84. The third-order valence-corrected chi connectivity index (χ3v) is 4.26. The lowest BCUT2D eigenvalue weighted by molar-refractivity contribution is -0.141. The van der Waals surface area contributed by atoms with Crippen molar-refractivity contribution in [1.29, 1.82) is 0 Å². The fourth-order valence-electron chi connectivity index (χ4n) is 1.94. The maximum absolute atomic E-state index is 12.4. The topological polar surface area (TPSA) is 34.9 Å². The summed E-state index contributed by atoms with van der Waals surface area (Å²) >= 11 is 0. The average Bonchev–Trinajstić information content (AvgIpc) is 3.09. The van der Waals surface area contributed by atoms with Gasteiger partial charge in [0.15, 0.2) is 5.69 Å². The molecule has 0 fully saturated rings. The van der Waals surface area contributed by atoms with Gasteiger partial charge in [0.1, 0.15) is 5.82 Å². The summed E-state index contributed by atoms with van der Waals surface area (Å²) in [5.74, 6) is -0.171. The van der Waals surface area contributed by atoms with Crippen molar-refractivity contribution in [3.8, 4) is 5.69 Å². The van der Waals surface area contributed by atoms with Crippen molar-refractivity contribution in [1.82, 2.24) is 9.78 Å². The fraction of sp³-hybridized carbons (Fsp3) is 0.167. The summed E-state index contributed by atoms with van der Waals surface area (Å²) in [7, 11) is -1.11. The van der Waals surface area contributed by atoms with Gasteiger partial charge in [-0.2, -0.15) is 18.3 Å². The smallest absolute Gasteiger partial charge is 0.255 e. The molecule has 0 amide bonds. The Labute approximate surface area is 150 Å². The van der Waals surface area contributed by atoms with Gasteiger partial charge in [-0.15, -0.1) is 0 Å². The highest BCUT2D eigenvalue weighted by Gasteiger charge is 2.33. The first-order chi connectivity index (χ1) is 12.2. The third-order valence-electron chi connectivity index (χ3n) is 3.32. The minimum absolute atomic E-state index is 0.171. The first kappa shape index (κ1) is 19.8. The van der Waals surface area contributed by atoms with Gasteiger partial charge in [-0.3, -0.25) is 4.21 Å². The molecule has 0 aliphatic carbocycles. The number of nitrogens with zero attached hydrogens (tertiary/aromatic N) is 2. The molecule has 1 atom stereocenters. The number of benzene rings is 2. The highest BCUT2D eigenvalue weighted by atomic mass is 32.2. The van der Waals surface area contributed by atoms with E-state index in [0.29, 0.717) is 10.6 Å². The molecule has 1 aromatic heterocycles. The van der Waals surface area contributed by atoms with Crippen LogP contribution in [0.4, 0.5) is 17.6 Å². The molecule has 2 aromatic carbocycles. The van der Waals surface area contributed by atoms with Crippen molar-refractivity contribution in [3.05, 3.63) is 77.9 Å². The molecule has 138 valence electrons. The lowest BCUT2D eigenvalue weighted by atomic mass is 10.2. The van der Waals surface area contributed by atoms with Crippen LogP contribution in [-0.4, -0.2) is 20.2 Å². The number of hydrogen-bond donors (Lipinski definition) is 0. The summed E-state index contributed by atoms with van der Waals surface area (Å²) in [6, 6.07) is 13.6. The largest absolute Gasteiger partial charge is 0.435 e. The Hall–Kier alpha value is -2.48. The van der Waals surface area contributed by atoms with Crippen LogP contribution in [0.5, 0.6) is 0 Å². The number of hydrogen-bond acceptors (Lipinski definition) is 2. The molecular formula is C18H16F4N2OS. The Kier molecular flexibility index (Phi) is 6.31. The van der Waals surface area contributed by atoms with Gasteiger partial charge in [0.2, 0.25) is 0 Å². The Bertz CT molecular complexity index is 850. The van der Waals surface area contributed by atoms with Crippen LogP contribution in [0.3, 0.4) is 0 Å². The van der Waals surface area contributed by atoms with Gasteiger partial charge in [0, 0.05) is 28.1 Å². The fourth-order valence-corrected chi connectivity index (χ4v) is 2.46. The Balaban J connectivity index is 0.000000254. The number of aryl methyl sites for hydroxylation is 1. The molecule has 26 heavy (non-hydrogen) atoms. The molecule has 0 N–H and O–H groups in total. The SMILES string of the molecule is CS(=O)c1ccc(-n2ccc(C(F)(F)F)n2)cc1.Cc1ccc(F)cc1. The van der Waals surface area contributed by atoms with Crippen LogP contribution in [0.15, 0.2) is 65.7 Å². The Morgan fingerprint density at radius 3 is 1.96 bits per heavy atom. The summed E-state index contributed by atoms with van der Waals surface area (Å²) in [6.45, 7) is 1.93. The highest BCUT2D eigenvalue weighted by Crippen LogP contribution is 2.27. The lowest BCUT2D eigenvalue weighted by Crippen LogP contribution is -2.07. The van der Waals surface area contributed by atoms with E-state index in [4.69, 9.17) is 0 Å². The normalized spacial score (nSPS) is 12.2. The first-order valence-corrected chi connectivity index (χ1v) is 9.01. The van der Waals surface area contributed by atoms with E-state index in [1.807, 2.05) is 6.92 Å².